The van der Waals surface area contributed by atoms with Crippen LogP contribution in [0.1, 0.15) is 26.7 Å². The van der Waals surface area contributed by atoms with Gasteiger partial charge in [0.05, 0.1) is 0 Å². The first-order chi connectivity index (χ1) is 6.20. The van der Waals surface area contributed by atoms with Crippen molar-refractivity contribution in [2.45, 2.75) is 32.9 Å². The number of alkyl halides is 3. The molecule has 0 atom stereocenters. The lowest BCUT2D eigenvalue weighted by Gasteiger charge is -2.20. The summed E-state index contributed by atoms with van der Waals surface area (Å²) < 4.78 is 35.7. The van der Waals surface area contributed by atoms with Crippen molar-refractivity contribution in [2.24, 2.45) is 5.41 Å². The summed E-state index contributed by atoms with van der Waals surface area (Å²) in [6.45, 7) is 4.78. The van der Waals surface area contributed by atoms with E-state index < -0.39 is 18.5 Å². The smallest absolute Gasteiger partial charge is 0.342 e. The lowest BCUT2D eigenvalue weighted by atomic mass is 9.93. The van der Waals surface area contributed by atoms with E-state index in [1.165, 1.54) is 4.90 Å². The minimum absolute atomic E-state index is 0.0404. The molecule has 0 bridgehead atoms. The zero-order chi connectivity index (χ0) is 11.0. The number of halogens is 3. The SMILES string of the molecule is CC1(C)CCN(C(=O)CC(F)(F)F)C1. The van der Waals surface area contributed by atoms with Crippen molar-refractivity contribution < 1.29 is 18.0 Å². The molecule has 1 rings (SSSR count). The molecule has 0 saturated carbocycles. The quantitative estimate of drug-likeness (QED) is 0.648. The van der Waals surface area contributed by atoms with Gasteiger partial charge in [0.2, 0.25) is 5.91 Å². The number of nitrogens with zero attached hydrogens (tertiary/aromatic N) is 1. The van der Waals surface area contributed by atoms with E-state index in [-0.39, 0.29) is 5.41 Å². The second-order valence-electron chi connectivity index (χ2n) is 4.52. The van der Waals surface area contributed by atoms with Crippen LogP contribution >= 0.6 is 0 Å². The molecular weight excluding hydrogens is 195 g/mol. The molecular formula is C9H14F3NO. The van der Waals surface area contributed by atoms with Crippen LogP contribution in [0.4, 0.5) is 13.2 Å². The van der Waals surface area contributed by atoms with Gasteiger partial charge in [-0.05, 0) is 11.8 Å². The van der Waals surface area contributed by atoms with Gasteiger partial charge in [0, 0.05) is 13.1 Å². The van der Waals surface area contributed by atoms with E-state index in [0.717, 1.165) is 6.42 Å². The van der Waals surface area contributed by atoms with E-state index in [9.17, 15) is 18.0 Å². The van der Waals surface area contributed by atoms with Crippen molar-refractivity contribution in [1.82, 2.24) is 4.90 Å². The molecule has 0 radical (unpaired) electrons. The van der Waals surface area contributed by atoms with Gasteiger partial charge >= 0.3 is 6.18 Å². The Labute approximate surface area is 81.1 Å². The van der Waals surface area contributed by atoms with Crippen LogP contribution in [-0.4, -0.2) is 30.1 Å². The zero-order valence-corrected chi connectivity index (χ0v) is 8.32. The Morgan fingerprint density at radius 3 is 2.36 bits per heavy atom. The standard InChI is InChI=1S/C9H14F3NO/c1-8(2)3-4-13(6-8)7(14)5-9(10,11)12/h3-6H2,1-2H3. The Kier molecular flexibility index (Phi) is 2.78. The van der Waals surface area contributed by atoms with Crippen molar-refractivity contribution in [3.63, 3.8) is 0 Å². The Bertz CT molecular complexity index is 235. The van der Waals surface area contributed by atoms with Crippen LogP contribution in [0.5, 0.6) is 0 Å². The van der Waals surface area contributed by atoms with Gasteiger partial charge in [-0.1, -0.05) is 13.8 Å². The predicted molar refractivity (Wildman–Crippen MR) is 45.7 cm³/mol. The fourth-order valence-electron chi connectivity index (χ4n) is 1.61. The number of hydrogen-bond donors (Lipinski definition) is 0. The maximum absolute atomic E-state index is 11.9. The van der Waals surface area contributed by atoms with Gasteiger partial charge in [-0.15, -0.1) is 0 Å². The fraction of sp³-hybridized carbons (Fsp3) is 0.889. The van der Waals surface area contributed by atoms with Crippen molar-refractivity contribution in [1.29, 1.82) is 0 Å². The van der Waals surface area contributed by atoms with Crippen LogP contribution < -0.4 is 0 Å². The number of likely N-dealkylation sites (tertiary alicyclic amines) is 1. The Hall–Kier alpha value is -0.740. The highest BCUT2D eigenvalue weighted by Gasteiger charge is 2.37. The first-order valence-electron chi connectivity index (χ1n) is 4.54. The normalized spacial score (nSPS) is 21.4. The molecule has 0 aromatic rings. The molecule has 5 heteroatoms. The third kappa shape index (κ3) is 3.20. The van der Waals surface area contributed by atoms with E-state index in [1.807, 2.05) is 13.8 Å². The molecule has 2 nitrogen and oxygen atoms in total. The third-order valence-corrected chi connectivity index (χ3v) is 2.38. The Morgan fingerprint density at radius 2 is 2.00 bits per heavy atom. The van der Waals surface area contributed by atoms with Crippen molar-refractivity contribution in [3.8, 4) is 0 Å². The number of carbonyl (C=O) groups is 1. The molecule has 0 aromatic carbocycles. The molecule has 0 aliphatic carbocycles. The first-order valence-corrected chi connectivity index (χ1v) is 4.54. The van der Waals surface area contributed by atoms with Gasteiger partial charge in [-0.2, -0.15) is 13.2 Å². The van der Waals surface area contributed by atoms with Gasteiger partial charge in [-0.3, -0.25) is 4.79 Å². The summed E-state index contributed by atoms with van der Waals surface area (Å²) in [6, 6.07) is 0. The Morgan fingerprint density at radius 1 is 1.43 bits per heavy atom. The first kappa shape index (κ1) is 11.3. The topological polar surface area (TPSA) is 20.3 Å². The largest absolute Gasteiger partial charge is 0.397 e. The molecule has 14 heavy (non-hydrogen) atoms. The number of amides is 1. The summed E-state index contributed by atoms with van der Waals surface area (Å²) in [4.78, 5) is 12.5. The summed E-state index contributed by atoms with van der Waals surface area (Å²) in [5, 5.41) is 0. The predicted octanol–water partition coefficient (Wildman–Crippen LogP) is 2.20. The van der Waals surface area contributed by atoms with Gasteiger partial charge in [-0.25, -0.2) is 0 Å². The lowest BCUT2D eigenvalue weighted by molar-refractivity contribution is -0.160. The minimum Gasteiger partial charge on any atom is -0.342 e. The van der Waals surface area contributed by atoms with Crippen LogP contribution in [0, 0.1) is 5.41 Å². The molecule has 1 aliphatic heterocycles. The highest BCUT2D eigenvalue weighted by molar-refractivity contribution is 5.77. The van der Waals surface area contributed by atoms with Crippen LogP contribution in [0.2, 0.25) is 0 Å². The van der Waals surface area contributed by atoms with Crippen LogP contribution in [0.3, 0.4) is 0 Å². The van der Waals surface area contributed by atoms with Crippen molar-refractivity contribution in [2.75, 3.05) is 13.1 Å². The monoisotopic (exact) mass is 209 g/mol. The van der Waals surface area contributed by atoms with Gasteiger partial charge in [0.25, 0.3) is 0 Å². The maximum Gasteiger partial charge on any atom is 0.397 e. The van der Waals surface area contributed by atoms with E-state index in [2.05, 4.69) is 0 Å². The van der Waals surface area contributed by atoms with Crippen molar-refractivity contribution >= 4 is 5.91 Å². The minimum atomic E-state index is -4.39. The lowest BCUT2D eigenvalue weighted by Crippen LogP contribution is -2.33. The maximum atomic E-state index is 11.9. The van der Waals surface area contributed by atoms with E-state index in [4.69, 9.17) is 0 Å². The van der Waals surface area contributed by atoms with E-state index in [1.54, 1.807) is 0 Å². The summed E-state index contributed by atoms with van der Waals surface area (Å²) in [6.07, 6.45) is -4.94. The number of rotatable bonds is 1. The molecule has 1 amide bonds. The molecule has 1 aliphatic rings. The van der Waals surface area contributed by atoms with Gasteiger partial charge in [0.15, 0.2) is 0 Å². The fourth-order valence-corrected chi connectivity index (χ4v) is 1.61. The molecule has 1 heterocycles. The van der Waals surface area contributed by atoms with Crippen molar-refractivity contribution in [3.05, 3.63) is 0 Å². The zero-order valence-electron chi connectivity index (χ0n) is 8.32. The summed E-state index contributed by atoms with van der Waals surface area (Å²) in [7, 11) is 0. The highest BCUT2D eigenvalue weighted by atomic mass is 19.4. The third-order valence-electron chi connectivity index (χ3n) is 2.38. The van der Waals surface area contributed by atoms with Crippen LogP contribution in [0.15, 0.2) is 0 Å². The summed E-state index contributed by atoms with van der Waals surface area (Å²) >= 11 is 0. The second-order valence-corrected chi connectivity index (χ2v) is 4.52. The van der Waals surface area contributed by atoms with Gasteiger partial charge < -0.3 is 4.90 Å². The molecule has 0 spiro atoms. The second kappa shape index (κ2) is 3.44. The van der Waals surface area contributed by atoms with E-state index in [0.29, 0.717) is 13.1 Å². The van der Waals surface area contributed by atoms with Crippen LogP contribution in [-0.2, 0) is 4.79 Å². The molecule has 0 unspecified atom stereocenters. The molecule has 1 fully saturated rings. The summed E-state index contributed by atoms with van der Waals surface area (Å²) in [5.74, 6) is -0.803. The molecule has 82 valence electrons. The summed E-state index contributed by atoms with van der Waals surface area (Å²) in [5.41, 5.74) is -0.0404. The molecule has 1 saturated heterocycles. The van der Waals surface area contributed by atoms with Crippen LogP contribution in [0.25, 0.3) is 0 Å². The van der Waals surface area contributed by atoms with Gasteiger partial charge in [0.1, 0.15) is 6.42 Å². The highest BCUT2D eigenvalue weighted by Crippen LogP contribution is 2.30. The van der Waals surface area contributed by atoms with E-state index >= 15 is 0 Å². The average molecular weight is 209 g/mol. The Balaban J connectivity index is 2.48. The number of carbonyl (C=O) groups excluding carboxylic acids is 1. The average Bonchev–Trinajstić information content (AvgIpc) is 2.26. The number of hydrogen-bond acceptors (Lipinski definition) is 1. The molecule has 0 aromatic heterocycles. The molecule has 0 N–H and O–H groups in total.